The number of aryl methyl sites for hydroxylation is 2. The molecule has 1 aromatic heterocycles. The highest BCUT2D eigenvalue weighted by Crippen LogP contribution is 2.24. The van der Waals surface area contributed by atoms with Gasteiger partial charge in [0.1, 0.15) is 12.2 Å². The molecule has 8 heteroatoms. The van der Waals surface area contributed by atoms with Crippen LogP contribution in [0.4, 0.5) is 0 Å². The lowest BCUT2D eigenvalue weighted by molar-refractivity contribution is -0.136. The SMILES string of the molecule is CC(=O)N[C@H]1C[C@H]2CN(C(=O)c3cc(C)nn3C)CC(=O)N2C1. The van der Waals surface area contributed by atoms with Crippen LogP contribution in [0.1, 0.15) is 29.5 Å². The zero-order valence-corrected chi connectivity index (χ0v) is 13.6. The highest BCUT2D eigenvalue weighted by molar-refractivity contribution is 5.96. The largest absolute Gasteiger partial charge is 0.352 e. The van der Waals surface area contributed by atoms with Gasteiger partial charge in [0.15, 0.2) is 0 Å². The van der Waals surface area contributed by atoms with Crippen molar-refractivity contribution < 1.29 is 14.4 Å². The topological polar surface area (TPSA) is 87.5 Å². The number of fused-ring (bicyclic) bond motifs is 1. The fourth-order valence-corrected chi connectivity index (χ4v) is 3.49. The third kappa shape index (κ3) is 2.93. The summed E-state index contributed by atoms with van der Waals surface area (Å²) >= 11 is 0. The molecule has 8 nitrogen and oxygen atoms in total. The molecule has 0 unspecified atom stereocenters. The minimum absolute atomic E-state index is 0.0320. The fourth-order valence-electron chi connectivity index (χ4n) is 3.49. The zero-order valence-electron chi connectivity index (χ0n) is 13.6. The van der Waals surface area contributed by atoms with Gasteiger partial charge in [-0.25, -0.2) is 0 Å². The molecule has 0 aliphatic carbocycles. The number of aromatic nitrogens is 2. The van der Waals surface area contributed by atoms with Gasteiger partial charge in [0.25, 0.3) is 5.91 Å². The van der Waals surface area contributed by atoms with Gasteiger partial charge < -0.3 is 15.1 Å². The van der Waals surface area contributed by atoms with E-state index < -0.39 is 0 Å². The lowest BCUT2D eigenvalue weighted by atomic mass is 10.1. The first-order valence-electron chi connectivity index (χ1n) is 7.71. The van der Waals surface area contributed by atoms with Crippen molar-refractivity contribution in [3.05, 3.63) is 17.5 Å². The van der Waals surface area contributed by atoms with Crippen molar-refractivity contribution >= 4 is 17.7 Å². The minimum Gasteiger partial charge on any atom is -0.352 e. The highest BCUT2D eigenvalue weighted by atomic mass is 16.2. The van der Waals surface area contributed by atoms with E-state index in [1.807, 2.05) is 6.92 Å². The minimum atomic E-state index is -0.177. The number of hydrogen-bond donors (Lipinski definition) is 1. The molecule has 2 saturated heterocycles. The van der Waals surface area contributed by atoms with Crippen LogP contribution in [-0.2, 0) is 16.6 Å². The van der Waals surface area contributed by atoms with Gasteiger partial charge >= 0.3 is 0 Å². The maximum Gasteiger partial charge on any atom is 0.272 e. The van der Waals surface area contributed by atoms with E-state index in [9.17, 15) is 14.4 Å². The number of amides is 3. The Balaban J connectivity index is 1.73. The van der Waals surface area contributed by atoms with Crippen LogP contribution in [0, 0.1) is 6.92 Å². The molecule has 0 spiro atoms. The molecule has 3 amide bonds. The first kappa shape index (κ1) is 15.5. The smallest absolute Gasteiger partial charge is 0.272 e. The van der Waals surface area contributed by atoms with Crippen molar-refractivity contribution in [1.82, 2.24) is 24.9 Å². The van der Waals surface area contributed by atoms with E-state index in [2.05, 4.69) is 10.4 Å². The lowest BCUT2D eigenvalue weighted by Gasteiger charge is -2.36. The van der Waals surface area contributed by atoms with E-state index in [1.165, 1.54) is 6.92 Å². The summed E-state index contributed by atoms with van der Waals surface area (Å²) in [4.78, 5) is 39.5. The van der Waals surface area contributed by atoms with E-state index in [4.69, 9.17) is 0 Å². The highest BCUT2D eigenvalue weighted by Gasteiger charge is 2.42. The molecule has 3 rings (SSSR count). The molecule has 0 saturated carbocycles. The summed E-state index contributed by atoms with van der Waals surface area (Å²) in [6.07, 6.45) is 0.680. The average molecular weight is 319 g/mol. The third-order valence-electron chi connectivity index (χ3n) is 4.41. The molecule has 1 N–H and O–H groups in total. The molecule has 0 aromatic carbocycles. The molecule has 124 valence electrons. The number of hydrogen-bond acceptors (Lipinski definition) is 4. The quantitative estimate of drug-likeness (QED) is 0.780. The molecule has 2 atom stereocenters. The number of carbonyl (C=O) groups is 3. The fraction of sp³-hybridized carbons (Fsp3) is 0.600. The monoisotopic (exact) mass is 319 g/mol. The van der Waals surface area contributed by atoms with Gasteiger partial charge in [-0.15, -0.1) is 0 Å². The Hall–Kier alpha value is -2.38. The van der Waals surface area contributed by atoms with Gasteiger partial charge in [0, 0.05) is 33.1 Å². The zero-order chi connectivity index (χ0) is 16.7. The van der Waals surface area contributed by atoms with E-state index in [0.717, 1.165) is 5.69 Å². The maximum atomic E-state index is 12.7. The average Bonchev–Trinajstić information content (AvgIpc) is 3.00. The Morgan fingerprint density at radius 2 is 2.09 bits per heavy atom. The summed E-state index contributed by atoms with van der Waals surface area (Å²) < 4.78 is 1.54. The number of nitrogens with one attached hydrogen (secondary N) is 1. The van der Waals surface area contributed by atoms with Crippen LogP contribution in [0.15, 0.2) is 6.07 Å². The number of carbonyl (C=O) groups excluding carboxylic acids is 3. The number of rotatable bonds is 2. The van der Waals surface area contributed by atoms with E-state index in [-0.39, 0.29) is 36.3 Å². The van der Waals surface area contributed by atoms with Crippen LogP contribution in [0.5, 0.6) is 0 Å². The van der Waals surface area contributed by atoms with Crippen molar-refractivity contribution in [2.24, 2.45) is 7.05 Å². The summed E-state index contributed by atoms with van der Waals surface area (Å²) in [7, 11) is 1.72. The van der Waals surface area contributed by atoms with Crippen LogP contribution in [-0.4, -0.2) is 69.0 Å². The van der Waals surface area contributed by atoms with Gasteiger partial charge in [-0.05, 0) is 19.4 Å². The van der Waals surface area contributed by atoms with Crippen molar-refractivity contribution in [3.63, 3.8) is 0 Å². The third-order valence-corrected chi connectivity index (χ3v) is 4.41. The van der Waals surface area contributed by atoms with Crippen molar-refractivity contribution in [3.8, 4) is 0 Å². The molecule has 0 radical (unpaired) electrons. The van der Waals surface area contributed by atoms with Gasteiger partial charge in [-0.2, -0.15) is 5.10 Å². The van der Waals surface area contributed by atoms with E-state index in [0.29, 0.717) is 25.2 Å². The second-order valence-corrected chi connectivity index (χ2v) is 6.31. The Morgan fingerprint density at radius 1 is 1.35 bits per heavy atom. The molecule has 1 aromatic rings. The summed E-state index contributed by atoms with van der Waals surface area (Å²) in [6, 6.07) is 1.66. The molecule has 3 heterocycles. The summed E-state index contributed by atoms with van der Waals surface area (Å²) in [6.45, 7) is 4.39. The van der Waals surface area contributed by atoms with E-state index in [1.54, 1.807) is 27.6 Å². The van der Waals surface area contributed by atoms with Gasteiger partial charge in [0.05, 0.1) is 11.7 Å². The summed E-state index contributed by atoms with van der Waals surface area (Å²) in [5.74, 6) is -0.342. The summed E-state index contributed by atoms with van der Waals surface area (Å²) in [5.41, 5.74) is 1.26. The van der Waals surface area contributed by atoms with Crippen LogP contribution < -0.4 is 5.32 Å². The predicted molar refractivity (Wildman–Crippen MR) is 81.6 cm³/mol. The Bertz CT molecular complexity index is 668. The van der Waals surface area contributed by atoms with Gasteiger partial charge in [0.2, 0.25) is 11.8 Å². The standard InChI is InChI=1S/C15H21N5O3/c1-9-4-13(18(3)17-9)15(23)19-7-12-5-11(16-10(2)21)6-20(12)14(22)8-19/h4,11-12H,5-8H2,1-3H3,(H,16,21)/t11-,12-/m0/s1. The predicted octanol–water partition coefficient (Wildman–Crippen LogP) is -0.710. The van der Waals surface area contributed by atoms with Gasteiger partial charge in [-0.1, -0.05) is 0 Å². The first-order valence-corrected chi connectivity index (χ1v) is 7.71. The molecule has 0 bridgehead atoms. The summed E-state index contributed by atoms with van der Waals surface area (Å²) in [5, 5.41) is 7.04. The Kier molecular flexibility index (Phi) is 3.83. The normalized spacial score (nSPS) is 23.9. The molecule has 2 aliphatic heterocycles. The molecular weight excluding hydrogens is 298 g/mol. The van der Waals surface area contributed by atoms with Crippen LogP contribution in [0.25, 0.3) is 0 Å². The van der Waals surface area contributed by atoms with Gasteiger partial charge in [-0.3, -0.25) is 19.1 Å². The molecule has 2 aliphatic rings. The van der Waals surface area contributed by atoms with Crippen LogP contribution >= 0.6 is 0 Å². The molecule has 23 heavy (non-hydrogen) atoms. The second-order valence-electron chi connectivity index (χ2n) is 6.31. The van der Waals surface area contributed by atoms with Crippen LogP contribution in [0.2, 0.25) is 0 Å². The number of piperazine rings is 1. The van der Waals surface area contributed by atoms with E-state index >= 15 is 0 Å². The van der Waals surface area contributed by atoms with Crippen LogP contribution in [0.3, 0.4) is 0 Å². The first-order chi connectivity index (χ1) is 10.8. The molecule has 2 fully saturated rings. The maximum absolute atomic E-state index is 12.7. The molecular formula is C15H21N5O3. The Labute approximate surface area is 134 Å². The second kappa shape index (κ2) is 5.68. The van der Waals surface area contributed by atoms with Crippen molar-refractivity contribution in [1.29, 1.82) is 0 Å². The van der Waals surface area contributed by atoms with Crippen molar-refractivity contribution in [2.75, 3.05) is 19.6 Å². The van der Waals surface area contributed by atoms with Crippen molar-refractivity contribution in [2.45, 2.75) is 32.4 Å². The lowest BCUT2D eigenvalue weighted by Crippen LogP contribution is -2.55. The Morgan fingerprint density at radius 3 is 2.70 bits per heavy atom. The number of nitrogens with zero attached hydrogens (tertiary/aromatic N) is 4.